The average molecular weight is 311 g/mol. The highest BCUT2D eigenvalue weighted by Gasteiger charge is 2.18. The number of hydrogen-bond acceptors (Lipinski definition) is 5. The van der Waals surface area contributed by atoms with Crippen LogP contribution < -0.4 is 10.0 Å². The van der Waals surface area contributed by atoms with E-state index in [1.807, 2.05) is 6.07 Å². The van der Waals surface area contributed by atoms with Gasteiger partial charge < -0.3 is 10.1 Å². The van der Waals surface area contributed by atoms with Crippen molar-refractivity contribution in [2.45, 2.75) is 11.3 Å². The third-order valence-corrected chi connectivity index (χ3v) is 5.38. The van der Waals surface area contributed by atoms with Crippen LogP contribution in [0.2, 0.25) is 0 Å². The monoisotopic (exact) mass is 311 g/mol. The molecule has 1 saturated heterocycles. The van der Waals surface area contributed by atoms with Crippen molar-refractivity contribution < 1.29 is 13.2 Å². The molecule has 0 radical (unpaired) electrons. The van der Waals surface area contributed by atoms with Gasteiger partial charge in [-0.05, 0) is 30.2 Å². The van der Waals surface area contributed by atoms with Gasteiger partial charge in [0.1, 0.15) is 0 Å². The van der Waals surface area contributed by atoms with E-state index in [-0.39, 0.29) is 0 Å². The van der Waals surface area contributed by atoms with Gasteiger partial charge in [0, 0.05) is 38.4 Å². The molecular weight excluding hydrogens is 290 g/mol. The van der Waals surface area contributed by atoms with Crippen LogP contribution in [0.25, 0.3) is 0 Å². The molecule has 0 unspecified atom stereocenters. The Bertz CT molecular complexity index is 597. The Morgan fingerprint density at radius 1 is 1.29 bits per heavy atom. The molecule has 1 aromatic rings. The average Bonchev–Trinajstić information content (AvgIpc) is 2.95. The number of ether oxygens (including phenoxy) is 1. The zero-order valence-corrected chi connectivity index (χ0v) is 12.8. The van der Waals surface area contributed by atoms with Gasteiger partial charge in [-0.3, -0.25) is 4.90 Å². The maximum Gasteiger partial charge on any atom is 0.240 e. The quantitative estimate of drug-likeness (QED) is 0.816. The Morgan fingerprint density at radius 3 is 2.90 bits per heavy atom. The minimum absolute atomic E-state index is 0.354. The first-order chi connectivity index (χ1) is 10.1. The maximum absolute atomic E-state index is 12.3. The molecule has 116 valence electrons. The van der Waals surface area contributed by atoms with Gasteiger partial charge in [0.25, 0.3) is 0 Å². The SMILES string of the molecule is O=S(=O)(NCCN1CCOCC1)c1ccc2c(c1)CCN2. The van der Waals surface area contributed by atoms with Crippen LogP contribution in [0.5, 0.6) is 0 Å². The lowest BCUT2D eigenvalue weighted by Crippen LogP contribution is -2.41. The van der Waals surface area contributed by atoms with Crippen molar-refractivity contribution in [2.75, 3.05) is 51.3 Å². The molecule has 0 bridgehead atoms. The normalized spacial score (nSPS) is 19.2. The van der Waals surface area contributed by atoms with Crippen molar-refractivity contribution in [1.29, 1.82) is 0 Å². The number of hydrogen-bond donors (Lipinski definition) is 2. The number of nitrogens with one attached hydrogen (secondary N) is 2. The van der Waals surface area contributed by atoms with Crippen LogP contribution in [0.1, 0.15) is 5.56 Å². The number of fused-ring (bicyclic) bond motifs is 1. The number of morpholine rings is 1. The first-order valence-corrected chi connectivity index (χ1v) is 8.80. The molecular formula is C14H21N3O3S. The van der Waals surface area contributed by atoms with Crippen molar-refractivity contribution in [3.8, 4) is 0 Å². The lowest BCUT2D eigenvalue weighted by molar-refractivity contribution is 0.0390. The molecule has 21 heavy (non-hydrogen) atoms. The fourth-order valence-electron chi connectivity index (χ4n) is 2.69. The molecule has 0 amide bonds. The number of sulfonamides is 1. The van der Waals surface area contributed by atoms with Crippen molar-refractivity contribution in [3.05, 3.63) is 23.8 Å². The second-order valence-corrected chi connectivity index (χ2v) is 7.11. The zero-order valence-electron chi connectivity index (χ0n) is 12.0. The summed E-state index contributed by atoms with van der Waals surface area (Å²) in [4.78, 5) is 2.56. The van der Waals surface area contributed by atoms with E-state index in [1.54, 1.807) is 12.1 Å². The van der Waals surface area contributed by atoms with Crippen LogP contribution in [0.15, 0.2) is 23.1 Å². The highest BCUT2D eigenvalue weighted by Crippen LogP contribution is 2.24. The lowest BCUT2D eigenvalue weighted by atomic mass is 10.2. The minimum atomic E-state index is -3.42. The molecule has 1 fully saturated rings. The third-order valence-electron chi connectivity index (χ3n) is 3.92. The smallest absolute Gasteiger partial charge is 0.240 e. The molecule has 1 aromatic carbocycles. The molecule has 0 spiro atoms. The van der Waals surface area contributed by atoms with Crippen LogP contribution >= 0.6 is 0 Å². The summed E-state index contributed by atoms with van der Waals surface area (Å²) in [6.07, 6.45) is 0.881. The number of rotatable bonds is 5. The maximum atomic E-state index is 12.3. The number of anilines is 1. The summed E-state index contributed by atoms with van der Waals surface area (Å²) in [5.41, 5.74) is 2.12. The van der Waals surface area contributed by atoms with E-state index in [1.165, 1.54) is 0 Å². The molecule has 0 aromatic heterocycles. The molecule has 2 heterocycles. The van der Waals surface area contributed by atoms with Gasteiger partial charge in [0.2, 0.25) is 10.0 Å². The largest absolute Gasteiger partial charge is 0.384 e. The van der Waals surface area contributed by atoms with E-state index in [2.05, 4.69) is 14.9 Å². The van der Waals surface area contributed by atoms with Gasteiger partial charge >= 0.3 is 0 Å². The Kier molecular flexibility index (Phi) is 4.44. The third kappa shape index (κ3) is 3.55. The van der Waals surface area contributed by atoms with Crippen LogP contribution in [0.4, 0.5) is 5.69 Å². The molecule has 6 nitrogen and oxygen atoms in total. The Labute approximate surface area is 125 Å². The molecule has 3 rings (SSSR count). The summed E-state index contributed by atoms with van der Waals surface area (Å²) >= 11 is 0. The number of benzene rings is 1. The van der Waals surface area contributed by atoms with Crippen LogP contribution in [0, 0.1) is 0 Å². The number of nitrogens with zero attached hydrogens (tertiary/aromatic N) is 1. The van der Waals surface area contributed by atoms with Crippen LogP contribution in [-0.2, 0) is 21.2 Å². The molecule has 2 N–H and O–H groups in total. The molecule has 2 aliphatic rings. The van der Waals surface area contributed by atoms with Crippen molar-refractivity contribution in [1.82, 2.24) is 9.62 Å². The van der Waals surface area contributed by atoms with Gasteiger partial charge in [0.05, 0.1) is 18.1 Å². The Balaban J connectivity index is 1.58. The summed E-state index contributed by atoms with van der Waals surface area (Å²) in [6, 6.07) is 5.28. The summed E-state index contributed by atoms with van der Waals surface area (Å²) in [7, 11) is -3.42. The Morgan fingerprint density at radius 2 is 2.10 bits per heavy atom. The first kappa shape index (κ1) is 14.8. The molecule has 2 aliphatic heterocycles. The molecule has 0 saturated carbocycles. The predicted octanol–water partition coefficient (Wildman–Crippen LogP) is 0.265. The van der Waals surface area contributed by atoms with Gasteiger partial charge in [-0.1, -0.05) is 0 Å². The highest BCUT2D eigenvalue weighted by atomic mass is 32.2. The van der Waals surface area contributed by atoms with Crippen LogP contribution in [0.3, 0.4) is 0 Å². The van der Waals surface area contributed by atoms with E-state index in [0.29, 0.717) is 11.4 Å². The van der Waals surface area contributed by atoms with E-state index in [0.717, 1.165) is 57.1 Å². The highest BCUT2D eigenvalue weighted by molar-refractivity contribution is 7.89. The molecule has 7 heteroatoms. The minimum Gasteiger partial charge on any atom is -0.384 e. The van der Waals surface area contributed by atoms with Gasteiger partial charge in [0.15, 0.2) is 0 Å². The summed E-state index contributed by atoms with van der Waals surface area (Å²) < 4.78 is 32.6. The summed E-state index contributed by atoms with van der Waals surface area (Å²) in [5, 5.41) is 3.23. The standard InChI is InChI=1S/C14H21N3O3S/c18-21(19,16-5-6-17-7-9-20-10-8-17)13-1-2-14-12(11-13)3-4-15-14/h1-2,11,15-16H,3-10H2. The first-order valence-electron chi connectivity index (χ1n) is 7.32. The molecule has 0 atom stereocenters. The Hall–Kier alpha value is -1.15. The fourth-order valence-corrected chi connectivity index (χ4v) is 3.77. The van der Waals surface area contributed by atoms with Crippen molar-refractivity contribution in [2.24, 2.45) is 0 Å². The van der Waals surface area contributed by atoms with E-state index >= 15 is 0 Å². The summed E-state index contributed by atoms with van der Waals surface area (Å²) in [6.45, 7) is 5.21. The van der Waals surface area contributed by atoms with Gasteiger partial charge in [-0.2, -0.15) is 0 Å². The second-order valence-electron chi connectivity index (χ2n) is 5.35. The summed E-state index contributed by atoms with van der Waals surface area (Å²) in [5.74, 6) is 0. The topological polar surface area (TPSA) is 70.7 Å². The van der Waals surface area contributed by atoms with Crippen LogP contribution in [-0.4, -0.2) is 59.3 Å². The molecule has 0 aliphatic carbocycles. The fraction of sp³-hybridized carbons (Fsp3) is 0.571. The predicted molar refractivity (Wildman–Crippen MR) is 81.1 cm³/mol. The van der Waals surface area contributed by atoms with Gasteiger partial charge in [-0.25, -0.2) is 13.1 Å². The zero-order chi connectivity index (χ0) is 14.7. The van der Waals surface area contributed by atoms with Gasteiger partial charge in [-0.15, -0.1) is 0 Å². The van der Waals surface area contributed by atoms with E-state index in [9.17, 15) is 8.42 Å². The second kappa shape index (κ2) is 6.31. The van der Waals surface area contributed by atoms with E-state index < -0.39 is 10.0 Å². The van der Waals surface area contributed by atoms with Crippen molar-refractivity contribution >= 4 is 15.7 Å². The lowest BCUT2D eigenvalue weighted by Gasteiger charge is -2.26. The van der Waals surface area contributed by atoms with Crippen molar-refractivity contribution in [3.63, 3.8) is 0 Å². The van der Waals surface area contributed by atoms with E-state index in [4.69, 9.17) is 4.74 Å².